The molecule has 0 heterocycles. The lowest BCUT2D eigenvalue weighted by Gasteiger charge is -2.16. The van der Waals surface area contributed by atoms with E-state index in [1.54, 1.807) is 0 Å². The van der Waals surface area contributed by atoms with Crippen LogP contribution >= 0.6 is 15.9 Å². The van der Waals surface area contributed by atoms with E-state index in [-0.39, 0.29) is 6.54 Å². The molecular weight excluding hydrogens is 340 g/mol. The maximum Gasteiger partial charge on any atom is 0.159 e. The van der Waals surface area contributed by atoms with E-state index >= 15 is 0 Å². The molecule has 0 radical (unpaired) electrons. The van der Waals surface area contributed by atoms with Gasteiger partial charge in [-0.1, -0.05) is 28.9 Å². The Morgan fingerprint density at radius 3 is 2.57 bits per heavy atom. The summed E-state index contributed by atoms with van der Waals surface area (Å²) in [5.74, 6) is -1.87. The first-order valence-corrected chi connectivity index (χ1v) is 7.46. The number of hydrogen-bond donors (Lipinski definition) is 2. The van der Waals surface area contributed by atoms with Gasteiger partial charge in [0.1, 0.15) is 0 Å². The smallest absolute Gasteiger partial charge is 0.159 e. The first-order chi connectivity index (χ1) is 10.0. The average Bonchev–Trinajstić information content (AvgIpc) is 2.48. The Bertz CT molecular complexity index is 634. The Morgan fingerprint density at radius 2 is 1.90 bits per heavy atom. The van der Waals surface area contributed by atoms with Crippen LogP contribution in [-0.2, 0) is 6.42 Å². The van der Waals surface area contributed by atoms with Crippen molar-refractivity contribution in [2.24, 2.45) is 0 Å². The zero-order chi connectivity index (χ0) is 15.4. The second kappa shape index (κ2) is 7.00. The van der Waals surface area contributed by atoms with Crippen LogP contribution in [0.15, 0.2) is 40.9 Å². The van der Waals surface area contributed by atoms with Gasteiger partial charge >= 0.3 is 0 Å². The number of halogens is 3. The number of rotatable bonds is 5. The summed E-state index contributed by atoms with van der Waals surface area (Å²) in [5, 5.41) is 13.2. The van der Waals surface area contributed by atoms with Gasteiger partial charge in [0.25, 0.3) is 0 Å². The molecule has 2 aromatic carbocycles. The van der Waals surface area contributed by atoms with Crippen LogP contribution in [0, 0.1) is 11.6 Å². The number of nitrogens with one attached hydrogen (secondary N) is 1. The topological polar surface area (TPSA) is 32.3 Å². The highest BCUT2D eigenvalue weighted by Gasteiger charge is 2.11. The molecule has 0 spiro atoms. The molecule has 0 saturated carbocycles. The van der Waals surface area contributed by atoms with Crippen LogP contribution in [-0.4, -0.2) is 11.7 Å². The minimum Gasteiger partial charge on any atom is -0.387 e. The third kappa shape index (κ3) is 4.02. The number of aliphatic hydroxyl groups is 1. The molecule has 1 unspecified atom stereocenters. The van der Waals surface area contributed by atoms with Crippen molar-refractivity contribution >= 4 is 21.6 Å². The van der Waals surface area contributed by atoms with E-state index < -0.39 is 17.7 Å². The third-order valence-corrected chi connectivity index (χ3v) is 3.76. The van der Waals surface area contributed by atoms with E-state index in [1.807, 2.05) is 25.1 Å². The number of aliphatic hydroxyl groups excluding tert-OH is 1. The fraction of sp³-hybridized carbons (Fsp3) is 0.250. The van der Waals surface area contributed by atoms with Crippen LogP contribution in [0.25, 0.3) is 0 Å². The molecule has 2 N–H and O–H groups in total. The van der Waals surface area contributed by atoms with Gasteiger partial charge in [-0.3, -0.25) is 0 Å². The lowest BCUT2D eigenvalue weighted by atomic mass is 10.1. The van der Waals surface area contributed by atoms with Crippen LogP contribution in [0.2, 0.25) is 0 Å². The molecular formula is C16H16BrF2NO. The maximum atomic E-state index is 13.2. The quantitative estimate of drug-likeness (QED) is 0.831. The largest absolute Gasteiger partial charge is 0.387 e. The van der Waals surface area contributed by atoms with Crippen LogP contribution in [0.4, 0.5) is 14.5 Å². The van der Waals surface area contributed by atoms with E-state index in [0.717, 1.165) is 34.3 Å². The van der Waals surface area contributed by atoms with Crippen LogP contribution in [0.1, 0.15) is 24.2 Å². The van der Waals surface area contributed by atoms with E-state index in [4.69, 9.17) is 0 Å². The molecule has 0 fully saturated rings. The van der Waals surface area contributed by atoms with E-state index in [9.17, 15) is 13.9 Å². The summed E-state index contributed by atoms with van der Waals surface area (Å²) < 4.78 is 27.0. The van der Waals surface area contributed by atoms with Gasteiger partial charge in [0.2, 0.25) is 0 Å². The van der Waals surface area contributed by atoms with Crippen molar-refractivity contribution in [3.05, 3.63) is 63.6 Å². The first kappa shape index (κ1) is 15.9. The molecule has 0 aliphatic heterocycles. The molecule has 0 bridgehead atoms. The van der Waals surface area contributed by atoms with Gasteiger partial charge in [-0.15, -0.1) is 0 Å². The van der Waals surface area contributed by atoms with Crippen molar-refractivity contribution in [1.29, 1.82) is 0 Å². The maximum absolute atomic E-state index is 13.2. The van der Waals surface area contributed by atoms with E-state index in [0.29, 0.717) is 5.56 Å². The molecule has 1 atom stereocenters. The van der Waals surface area contributed by atoms with Crippen LogP contribution in [0.5, 0.6) is 0 Å². The summed E-state index contributed by atoms with van der Waals surface area (Å²) in [6, 6.07) is 9.25. The van der Waals surface area contributed by atoms with Crippen molar-refractivity contribution < 1.29 is 13.9 Å². The van der Waals surface area contributed by atoms with Gasteiger partial charge in [0, 0.05) is 16.7 Å². The second-order valence-corrected chi connectivity index (χ2v) is 5.64. The number of anilines is 1. The molecule has 21 heavy (non-hydrogen) atoms. The van der Waals surface area contributed by atoms with Crippen LogP contribution < -0.4 is 5.32 Å². The van der Waals surface area contributed by atoms with Crippen molar-refractivity contribution in [2.45, 2.75) is 19.4 Å². The Hall–Kier alpha value is -1.46. The summed E-state index contributed by atoms with van der Waals surface area (Å²) in [5.41, 5.74) is 2.38. The minimum absolute atomic E-state index is 0.222. The predicted octanol–water partition coefficient (Wildman–Crippen LogP) is 4.44. The second-order valence-electron chi connectivity index (χ2n) is 4.73. The lowest BCUT2D eigenvalue weighted by Crippen LogP contribution is -2.13. The molecule has 0 saturated heterocycles. The van der Waals surface area contributed by atoms with Gasteiger partial charge in [0.05, 0.1) is 6.10 Å². The zero-order valence-corrected chi connectivity index (χ0v) is 13.1. The minimum atomic E-state index is -0.954. The average molecular weight is 356 g/mol. The number of benzene rings is 2. The summed E-state index contributed by atoms with van der Waals surface area (Å²) in [6.07, 6.45) is -0.0586. The standard InChI is InChI=1S/C16H16BrF2NO/c1-2-10-7-12(17)4-6-15(10)20-9-16(21)11-3-5-13(18)14(19)8-11/h3-8,16,20-21H,2,9H2,1H3. The monoisotopic (exact) mass is 355 g/mol. The van der Waals surface area contributed by atoms with Gasteiger partial charge in [0.15, 0.2) is 11.6 Å². The SMILES string of the molecule is CCc1cc(Br)ccc1NCC(O)c1ccc(F)c(F)c1. The number of aryl methyl sites for hydroxylation is 1. The first-order valence-electron chi connectivity index (χ1n) is 6.66. The van der Waals surface area contributed by atoms with Crippen LogP contribution in [0.3, 0.4) is 0 Å². The van der Waals surface area contributed by atoms with Gasteiger partial charge in [-0.2, -0.15) is 0 Å². The highest BCUT2D eigenvalue weighted by atomic mass is 79.9. The molecule has 0 aromatic heterocycles. The summed E-state index contributed by atoms with van der Waals surface area (Å²) in [7, 11) is 0. The Morgan fingerprint density at radius 1 is 1.14 bits per heavy atom. The fourth-order valence-electron chi connectivity index (χ4n) is 2.07. The number of hydrogen-bond acceptors (Lipinski definition) is 2. The molecule has 2 rings (SSSR count). The highest BCUT2D eigenvalue weighted by molar-refractivity contribution is 9.10. The molecule has 0 amide bonds. The summed E-state index contributed by atoms with van der Waals surface area (Å²) in [6.45, 7) is 2.26. The lowest BCUT2D eigenvalue weighted by molar-refractivity contribution is 0.191. The van der Waals surface area contributed by atoms with Gasteiger partial charge in [-0.25, -0.2) is 8.78 Å². The molecule has 2 nitrogen and oxygen atoms in total. The molecule has 0 aliphatic rings. The Balaban J connectivity index is 2.07. The van der Waals surface area contributed by atoms with E-state index in [1.165, 1.54) is 6.07 Å². The summed E-state index contributed by atoms with van der Waals surface area (Å²) in [4.78, 5) is 0. The Labute approximate surface area is 130 Å². The van der Waals surface area contributed by atoms with Crippen molar-refractivity contribution in [1.82, 2.24) is 0 Å². The zero-order valence-electron chi connectivity index (χ0n) is 11.5. The molecule has 5 heteroatoms. The Kier molecular flexibility index (Phi) is 5.31. The molecule has 112 valence electrons. The highest BCUT2D eigenvalue weighted by Crippen LogP contribution is 2.23. The third-order valence-electron chi connectivity index (χ3n) is 3.26. The van der Waals surface area contributed by atoms with Gasteiger partial charge in [-0.05, 0) is 47.9 Å². The van der Waals surface area contributed by atoms with Crippen molar-refractivity contribution in [2.75, 3.05) is 11.9 Å². The predicted molar refractivity (Wildman–Crippen MR) is 83.3 cm³/mol. The van der Waals surface area contributed by atoms with Gasteiger partial charge < -0.3 is 10.4 Å². The molecule has 0 aliphatic carbocycles. The normalized spacial score (nSPS) is 12.2. The summed E-state index contributed by atoms with van der Waals surface area (Å²) >= 11 is 3.41. The fourth-order valence-corrected chi connectivity index (χ4v) is 2.48. The van der Waals surface area contributed by atoms with E-state index in [2.05, 4.69) is 21.2 Å². The van der Waals surface area contributed by atoms with Crippen molar-refractivity contribution in [3.63, 3.8) is 0 Å². The molecule has 2 aromatic rings. The van der Waals surface area contributed by atoms with Crippen molar-refractivity contribution in [3.8, 4) is 0 Å².